The van der Waals surface area contributed by atoms with Crippen LogP contribution in [0.1, 0.15) is 25.5 Å². The number of imidazole rings is 1. The van der Waals surface area contributed by atoms with E-state index in [-0.39, 0.29) is 17.6 Å². The van der Waals surface area contributed by atoms with Crippen molar-refractivity contribution in [2.24, 2.45) is 0 Å². The summed E-state index contributed by atoms with van der Waals surface area (Å²) in [6.45, 7) is 2.09. The zero-order chi connectivity index (χ0) is 20.3. The molecule has 3 rings (SSSR count). The highest BCUT2D eigenvalue weighted by Gasteiger charge is 2.39. The van der Waals surface area contributed by atoms with Crippen molar-refractivity contribution in [3.05, 3.63) is 18.2 Å². The minimum Gasteiger partial charge on any atom is -0.480 e. The third kappa shape index (κ3) is 4.46. The molecule has 1 aromatic heterocycles. The SMILES string of the molecule is CC1SCC(C(=O)N[C@@H](Cc2cnc[nH]2)C(=O)N2CCC[C@H]2C(=O)O)NC1=O. The monoisotopic (exact) mass is 409 g/mol. The van der Waals surface area contributed by atoms with E-state index in [2.05, 4.69) is 20.6 Å². The summed E-state index contributed by atoms with van der Waals surface area (Å²) >= 11 is 1.37. The zero-order valence-corrected chi connectivity index (χ0v) is 16.2. The molecule has 2 fully saturated rings. The van der Waals surface area contributed by atoms with Crippen molar-refractivity contribution in [2.45, 2.75) is 49.6 Å². The molecule has 11 heteroatoms. The lowest BCUT2D eigenvalue weighted by atomic mass is 10.1. The highest BCUT2D eigenvalue weighted by Crippen LogP contribution is 2.20. The largest absolute Gasteiger partial charge is 0.480 e. The van der Waals surface area contributed by atoms with E-state index in [1.165, 1.54) is 23.0 Å². The number of carbonyl (C=O) groups excluding carboxylic acids is 3. The summed E-state index contributed by atoms with van der Waals surface area (Å²) in [5.74, 6) is -1.78. The summed E-state index contributed by atoms with van der Waals surface area (Å²) in [5.41, 5.74) is 0.639. The van der Waals surface area contributed by atoms with Crippen LogP contribution in [0.5, 0.6) is 0 Å². The number of hydrogen-bond donors (Lipinski definition) is 4. The maximum absolute atomic E-state index is 13.0. The van der Waals surface area contributed by atoms with Gasteiger partial charge in [-0.2, -0.15) is 0 Å². The van der Waals surface area contributed by atoms with Gasteiger partial charge in [0.15, 0.2) is 0 Å². The first kappa shape index (κ1) is 20.2. The molecule has 152 valence electrons. The standard InChI is InChI=1S/C17H23N5O5S/c1-9-14(23)21-12(7-28-9)15(24)20-11(5-10-6-18-8-19-10)16(25)22-4-2-3-13(22)17(26)27/h6,8-9,11-13H,2-5,7H2,1H3,(H,18,19)(H,20,24)(H,21,23)(H,26,27)/t9?,11-,12?,13-/m0/s1. The molecule has 10 nitrogen and oxygen atoms in total. The van der Waals surface area contributed by atoms with Crippen molar-refractivity contribution in [1.82, 2.24) is 25.5 Å². The van der Waals surface area contributed by atoms with E-state index in [0.717, 1.165) is 0 Å². The Morgan fingerprint density at radius 3 is 2.89 bits per heavy atom. The Labute approximate surface area is 165 Å². The van der Waals surface area contributed by atoms with Crippen molar-refractivity contribution >= 4 is 35.5 Å². The Morgan fingerprint density at radius 2 is 2.25 bits per heavy atom. The van der Waals surface area contributed by atoms with Gasteiger partial charge in [0.05, 0.1) is 11.6 Å². The predicted molar refractivity (Wildman–Crippen MR) is 100 cm³/mol. The Kier molecular flexibility index (Phi) is 6.22. The van der Waals surface area contributed by atoms with Crippen LogP contribution >= 0.6 is 11.8 Å². The van der Waals surface area contributed by atoms with Gasteiger partial charge in [-0.25, -0.2) is 9.78 Å². The first-order valence-corrected chi connectivity index (χ1v) is 10.1. The van der Waals surface area contributed by atoms with Gasteiger partial charge in [-0.3, -0.25) is 14.4 Å². The van der Waals surface area contributed by atoms with Gasteiger partial charge in [0.1, 0.15) is 18.1 Å². The number of likely N-dealkylation sites (tertiary alicyclic amines) is 1. The quantitative estimate of drug-likeness (QED) is 0.478. The van der Waals surface area contributed by atoms with Crippen molar-refractivity contribution < 1.29 is 24.3 Å². The predicted octanol–water partition coefficient (Wildman–Crippen LogP) is -0.867. The number of aromatic nitrogens is 2. The van der Waals surface area contributed by atoms with Crippen LogP contribution in [-0.4, -0.2) is 79.3 Å². The molecule has 0 bridgehead atoms. The normalized spacial score (nSPS) is 25.8. The second kappa shape index (κ2) is 8.63. The van der Waals surface area contributed by atoms with E-state index in [0.29, 0.717) is 30.8 Å². The molecule has 2 aliphatic heterocycles. The molecule has 2 aliphatic rings. The maximum Gasteiger partial charge on any atom is 0.326 e. The van der Waals surface area contributed by atoms with Gasteiger partial charge in [-0.15, -0.1) is 11.8 Å². The van der Waals surface area contributed by atoms with Crippen LogP contribution in [0.2, 0.25) is 0 Å². The Hall–Kier alpha value is -2.56. The second-order valence-corrected chi connectivity index (χ2v) is 8.28. The number of rotatable bonds is 6. The Balaban J connectivity index is 1.73. The average Bonchev–Trinajstić information content (AvgIpc) is 3.34. The van der Waals surface area contributed by atoms with E-state index in [1.54, 1.807) is 13.1 Å². The number of aromatic amines is 1. The van der Waals surface area contributed by atoms with Gasteiger partial charge in [0.2, 0.25) is 17.7 Å². The molecule has 4 atom stereocenters. The minimum absolute atomic E-state index is 0.150. The summed E-state index contributed by atoms with van der Waals surface area (Å²) in [5, 5.41) is 14.5. The summed E-state index contributed by atoms with van der Waals surface area (Å²) in [4.78, 5) is 57.1. The van der Waals surface area contributed by atoms with Gasteiger partial charge in [0.25, 0.3) is 0 Å². The lowest BCUT2D eigenvalue weighted by Crippen LogP contribution is -2.59. The van der Waals surface area contributed by atoms with Crippen LogP contribution in [0.25, 0.3) is 0 Å². The van der Waals surface area contributed by atoms with Gasteiger partial charge in [-0.1, -0.05) is 0 Å². The molecular weight excluding hydrogens is 386 g/mol. The van der Waals surface area contributed by atoms with E-state index >= 15 is 0 Å². The number of thioether (sulfide) groups is 1. The first-order chi connectivity index (χ1) is 13.4. The average molecular weight is 409 g/mol. The first-order valence-electron chi connectivity index (χ1n) is 9.09. The smallest absolute Gasteiger partial charge is 0.326 e. The van der Waals surface area contributed by atoms with Crippen molar-refractivity contribution in [3.63, 3.8) is 0 Å². The summed E-state index contributed by atoms with van der Waals surface area (Å²) < 4.78 is 0. The number of hydrogen-bond acceptors (Lipinski definition) is 6. The molecule has 2 saturated heterocycles. The molecule has 0 spiro atoms. The lowest BCUT2D eigenvalue weighted by Gasteiger charge is -2.30. The molecule has 2 unspecified atom stereocenters. The molecule has 1 aromatic rings. The molecule has 0 saturated carbocycles. The molecule has 4 N–H and O–H groups in total. The molecule has 3 amide bonds. The minimum atomic E-state index is -1.05. The fraction of sp³-hybridized carbons (Fsp3) is 0.588. The van der Waals surface area contributed by atoms with Gasteiger partial charge >= 0.3 is 5.97 Å². The number of carbonyl (C=O) groups is 4. The van der Waals surface area contributed by atoms with Crippen LogP contribution in [-0.2, 0) is 25.6 Å². The highest BCUT2D eigenvalue weighted by atomic mass is 32.2. The third-order valence-electron chi connectivity index (χ3n) is 4.93. The van der Waals surface area contributed by atoms with Gasteiger partial charge in [0, 0.05) is 30.6 Å². The number of H-pyrrole nitrogens is 1. The lowest BCUT2D eigenvalue weighted by molar-refractivity contribution is -0.149. The number of aliphatic carboxylic acids is 1. The van der Waals surface area contributed by atoms with Gasteiger partial charge in [-0.05, 0) is 19.8 Å². The summed E-state index contributed by atoms with van der Waals surface area (Å²) in [7, 11) is 0. The van der Waals surface area contributed by atoms with Crippen LogP contribution in [0.4, 0.5) is 0 Å². The molecule has 3 heterocycles. The van der Waals surface area contributed by atoms with Gasteiger partial charge < -0.3 is 25.6 Å². The molecule has 0 aromatic carbocycles. The summed E-state index contributed by atoms with van der Waals surface area (Å²) in [6, 6.07) is -2.58. The van der Waals surface area contributed by atoms with Crippen LogP contribution in [0.3, 0.4) is 0 Å². The Bertz CT molecular complexity index is 755. The number of nitrogens with zero attached hydrogens (tertiary/aromatic N) is 2. The van der Waals surface area contributed by atoms with E-state index in [1.807, 2.05) is 0 Å². The molecule has 0 aliphatic carbocycles. The van der Waals surface area contributed by atoms with Crippen molar-refractivity contribution in [1.29, 1.82) is 0 Å². The van der Waals surface area contributed by atoms with E-state index < -0.39 is 35.9 Å². The summed E-state index contributed by atoms with van der Waals surface area (Å²) in [6.07, 6.45) is 4.15. The van der Waals surface area contributed by atoms with Crippen molar-refractivity contribution in [3.8, 4) is 0 Å². The fourth-order valence-corrected chi connectivity index (χ4v) is 4.30. The van der Waals surface area contributed by atoms with E-state index in [4.69, 9.17) is 0 Å². The second-order valence-electron chi connectivity index (χ2n) is 6.91. The molecule has 28 heavy (non-hydrogen) atoms. The van der Waals surface area contributed by atoms with Crippen LogP contribution < -0.4 is 10.6 Å². The molecule has 0 radical (unpaired) electrons. The van der Waals surface area contributed by atoms with Crippen molar-refractivity contribution in [2.75, 3.05) is 12.3 Å². The fourth-order valence-electron chi connectivity index (χ4n) is 3.36. The number of carboxylic acids is 1. The van der Waals surface area contributed by atoms with E-state index in [9.17, 15) is 24.3 Å². The maximum atomic E-state index is 13.0. The van der Waals surface area contributed by atoms with Crippen LogP contribution in [0, 0.1) is 0 Å². The number of nitrogens with one attached hydrogen (secondary N) is 3. The zero-order valence-electron chi connectivity index (χ0n) is 15.4. The third-order valence-corrected chi connectivity index (χ3v) is 6.17. The number of carboxylic acid groups (broad SMARTS) is 1. The van der Waals surface area contributed by atoms with Crippen LogP contribution in [0.15, 0.2) is 12.5 Å². The Morgan fingerprint density at radius 1 is 1.46 bits per heavy atom. The molecular formula is C17H23N5O5S. The number of amides is 3. The highest BCUT2D eigenvalue weighted by molar-refractivity contribution is 8.00. The topological polar surface area (TPSA) is 144 Å².